The van der Waals surface area contributed by atoms with E-state index in [9.17, 15) is 4.79 Å². The molecular formula is C15H14BrNOS. The van der Waals surface area contributed by atoms with Crippen molar-refractivity contribution in [2.45, 2.75) is 19.3 Å². The van der Waals surface area contributed by atoms with Crippen molar-refractivity contribution < 1.29 is 4.79 Å². The summed E-state index contributed by atoms with van der Waals surface area (Å²) < 4.78 is 1.08. The average Bonchev–Trinajstić information content (AvgIpc) is 2.83. The van der Waals surface area contributed by atoms with Gasteiger partial charge in [0.05, 0.1) is 3.79 Å². The molecule has 1 N–H and O–H groups in total. The Balaban J connectivity index is 1.87. The van der Waals surface area contributed by atoms with Crippen LogP contribution in [-0.2, 0) is 12.8 Å². The molecule has 0 unspecified atom stereocenters. The van der Waals surface area contributed by atoms with Gasteiger partial charge in [0.2, 0.25) is 0 Å². The third kappa shape index (κ3) is 2.74. The number of fused-ring (bicyclic) bond motifs is 1. The molecule has 2 aromatic rings. The molecule has 1 aromatic heterocycles. The van der Waals surface area contributed by atoms with E-state index in [2.05, 4.69) is 27.3 Å². The Labute approximate surface area is 125 Å². The number of hydrogen-bond acceptors (Lipinski definition) is 3. The van der Waals surface area contributed by atoms with E-state index in [1.54, 1.807) is 11.3 Å². The van der Waals surface area contributed by atoms with Crippen molar-refractivity contribution in [3.8, 4) is 0 Å². The lowest BCUT2D eigenvalue weighted by molar-refractivity contribution is 0.0993. The van der Waals surface area contributed by atoms with Crippen LogP contribution in [0.15, 0.2) is 34.1 Å². The Morgan fingerprint density at radius 1 is 1.32 bits per heavy atom. The van der Waals surface area contributed by atoms with E-state index in [0.717, 1.165) is 39.3 Å². The maximum Gasteiger partial charge on any atom is 0.168 e. The molecule has 0 saturated heterocycles. The molecule has 0 radical (unpaired) electrons. The monoisotopic (exact) mass is 335 g/mol. The van der Waals surface area contributed by atoms with Gasteiger partial charge in [-0.2, -0.15) is 0 Å². The maximum absolute atomic E-state index is 12.5. The fraction of sp³-hybridized carbons (Fsp3) is 0.267. The summed E-state index contributed by atoms with van der Waals surface area (Å²) in [6, 6.07) is 9.99. The molecule has 0 saturated carbocycles. The second-order valence-electron chi connectivity index (χ2n) is 4.67. The Morgan fingerprint density at radius 2 is 2.21 bits per heavy atom. The number of rotatable bonds is 3. The highest BCUT2D eigenvalue weighted by molar-refractivity contribution is 9.11. The van der Waals surface area contributed by atoms with E-state index >= 15 is 0 Å². The second kappa shape index (κ2) is 5.47. The Morgan fingerprint density at radius 3 is 3.00 bits per heavy atom. The van der Waals surface area contributed by atoms with E-state index in [1.807, 2.05) is 24.3 Å². The minimum Gasteiger partial charge on any atom is -0.385 e. The molecule has 1 aromatic carbocycles. The van der Waals surface area contributed by atoms with Crippen molar-refractivity contribution >= 4 is 38.7 Å². The average molecular weight is 336 g/mol. The third-order valence-corrected chi connectivity index (χ3v) is 4.98. The lowest BCUT2D eigenvalue weighted by atomic mass is 9.94. The Bertz CT molecular complexity index is 620. The van der Waals surface area contributed by atoms with Crippen LogP contribution in [0.2, 0.25) is 0 Å². The molecule has 2 heterocycles. The first-order chi connectivity index (χ1) is 9.24. The van der Waals surface area contributed by atoms with Gasteiger partial charge in [0.25, 0.3) is 0 Å². The summed E-state index contributed by atoms with van der Waals surface area (Å²) in [6.45, 7) is 1.00. The lowest BCUT2D eigenvalue weighted by Gasteiger charge is -2.20. The topological polar surface area (TPSA) is 29.1 Å². The lowest BCUT2D eigenvalue weighted by Crippen LogP contribution is -2.16. The first kappa shape index (κ1) is 12.9. The number of ketones is 1. The zero-order valence-corrected chi connectivity index (χ0v) is 12.8. The predicted octanol–water partition coefficient (Wildman–Crippen LogP) is 4.29. The molecule has 0 bridgehead atoms. The molecule has 1 aliphatic heterocycles. The van der Waals surface area contributed by atoms with Gasteiger partial charge in [-0.3, -0.25) is 4.79 Å². The number of hydrogen-bond donors (Lipinski definition) is 1. The maximum atomic E-state index is 12.5. The zero-order valence-electron chi connectivity index (χ0n) is 10.4. The summed E-state index contributed by atoms with van der Waals surface area (Å²) in [5.74, 6) is 0.218. The standard InChI is InChI=1S/C15H14BrNOS/c16-15-7-6-10(19-15)9-14(18)12-3-1-5-13-11(12)4-2-8-17-13/h1,3,5-7,17H,2,4,8-9H2. The Kier molecular flexibility index (Phi) is 3.71. The van der Waals surface area contributed by atoms with Crippen molar-refractivity contribution in [1.82, 2.24) is 0 Å². The number of Topliss-reactive ketones (excluding diaryl/α,β-unsaturated/α-hetero) is 1. The van der Waals surface area contributed by atoms with Crippen LogP contribution >= 0.6 is 27.3 Å². The van der Waals surface area contributed by atoms with Crippen molar-refractivity contribution in [2.75, 3.05) is 11.9 Å². The van der Waals surface area contributed by atoms with Gasteiger partial charge in [-0.05, 0) is 52.5 Å². The molecule has 4 heteroatoms. The second-order valence-corrected chi connectivity index (χ2v) is 7.22. The molecule has 0 spiro atoms. The number of thiophene rings is 1. The summed E-state index contributed by atoms with van der Waals surface area (Å²) in [4.78, 5) is 13.6. The summed E-state index contributed by atoms with van der Waals surface area (Å²) in [5.41, 5.74) is 3.20. The SMILES string of the molecule is O=C(Cc1ccc(Br)s1)c1cccc2c1CCCN2. The van der Waals surface area contributed by atoms with Crippen LogP contribution in [0.25, 0.3) is 0 Å². The van der Waals surface area contributed by atoms with E-state index in [0.29, 0.717) is 6.42 Å². The summed E-state index contributed by atoms with van der Waals surface area (Å²) >= 11 is 5.06. The summed E-state index contributed by atoms with van der Waals surface area (Å²) in [7, 11) is 0. The van der Waals surface area contributed by atoms with Crippen molar-refractivity contribution in [3.63, 3.8) is 0 Å². The number of nitrogens with one attached hydrogen (secondary N) is 1. The molecule has 19 heavy (non-hydrogen) atoms. The zero-order chi connectivity index (χ0) is 13.2. The third-order valence-electron chi connectivity index (χ3n) is 3.36. The fourth-order valence-corrected chi connectivity index (χ4v) is 3.95. The van der Waals surface area contributed by atoms with Gasteiger partial charge >= 0.3 is 0 Å². The van der Waals surface area contributed by atoms with E-state index in [1.165, 1.54) is 5.56 Å². The van der Waals surface area contributed by atoms with Gasteiger partial charge in [-0.15, -0.1) is 11.3 Å². The number of carbonyl (C=O) groups excluding carboxylic acids is 1. The van der Waals surface area contributed by atoms with Gasteiger partial charge < -0.3 is 5.32 Å². The van der Waals surface area contributed by atoms with Gasteiger partial charge in [0.15, 0.2) is 5.78 Å². The van der Waals surface area contributed by atoms with Gasteiger partial charge in [0.1, 0.15) is 0 Å². The molecule has 0 amide bonds. The normalized spacial score (nSPS) is 13.7. The molecule has 0 atom stereocenters. The first-order valence-corrected chi connectivity index (χ1v) is 7.98. The van der Waals surface area contributed by atoms with Crippen molar-refractivity contribution in [2.24, 2.45) is 0 Å². The highest BCUT2D eigenvalue weighted by Crippen LogP contribution is 2.28. The first-order valence-electron chi connectivity index (χ1n) is 6.37. The molecule has 0 aliphatic carbocycles. The molecular weight excluding hydrogens is 322 g/mol. The van der Waals surface area contributed by atoms with Crippen LogP contribution < -0.4 is 5.32 Å². The molecule has 98 valence electrons. The van der Waals surface area contributed by atoms with E-state index in [-0.39, 0.29) is 5.78 Å². The molecule has 1 aliphatic rings. The van der Waals surface area contributed by atoms with Gasteiger partial charge in [-0.25, -0.2) is 0 Å². The van der Waals surface area contributed by atoms with Crippen LogP contribution in [0.3, 0.4) is 0 Å². The van der Waals surface area contributed by atoms with Crippen molar-refractivity contribution in [1.29, 1.82) is 0 Å². The fourth-order valence-electron chi connectivity index (χ4n) is 2.47. The highest BCUT2D eigenvalue weighted by Gasteiger charge is 2.17. The minimum absolute atomic E-state index is 0.218. The number of anilines is 1. The predicted molar refractivity (Wildman–Crippen MR) is 83.3 cm³/mol. The number of halogens is 1. The molecule has 2 nitrogen and oxygen atoms in total. The van der Waals surface area contributed by atoms with Crippen LogP contribution in [0.1, 0.15) is 27.2 Å². The van der Waals surface area contributed by atoms with E-state index in [4.69, 9.17) is 0 Å². The molecule has 3 rings (SSSR count). The largest absolute Gasteiger partial charge is 0.385 e. The smallest absolute Gasteiger partial charge is 0.168 e. The highest BCUT2D eigenvalue weighted by atomic mass is 79.9. The van der Waals surface area contributed by atoms with Crippen LogP contribution in [-0.4, -0.2) is 12.3 Å². The summed E-state index contributed by atoms with van der Waals surface area (Å²) in [5, 5.41) is 3.37. The van der Waals surface area contributed by atoms with Crippen LogP contribution in [0.4, 0.5) is 5.69 Å². The number of carbonyl (C=O) groups is 1. The Hall–Kier alpha value is -1.13. The quantitative estimate of drug-likeness (QED) is 0.847. The van der Waals surface area contributed by atoms with Crippen LogP contribution in [0, 0.1) is 0 Å². The minimum atomic E-state index is 0.218. The van der Waals surface area contributed by atoms with E-state index < -0.39 is 0 Å². The van der Waals surface area contributed by atoms with Crippen LogP contribution in [0.5, 0.6) is 0 Å². The summed E-state index contributed by atoms with van der Waals surface area (Å²) in [6.07, 6.45) is 2.59. The van der Waals surface area contributed by atoms with Crippen molar-refractivity contribution in [3.05, 3.63) is 50.1 Å². The number of benzene rings is 1. The van der Waals surface area contributed by atoms with Gasteiger partial charge in [-0.1, -0.05) is 12.1 Å². The molecule has 0 fully saturated rings. The van der Waals surface area contributed by atoms with Gasteiger partial charge in [0, 0.05) is 29.1 Å².